The number of nitrogens with zero attached hydrogens (tertiary/aromatic N) is 5. The Balaban J connectivity index is 1.49. The van der Waals surface area contributed by atoms with Crippen LogP contribution in [-0.2, 0) is 5.75 Å². The molecule has 0 saturated heterocycles. The summed E-state index contributed by atoms with van der Waals surface area (Å²) >= 11 is 4.95. The molecule has 3 heterocycles. The third-order valence-corrected chi connectivity index (χ3v) is 5.96. The van der Waals surface area contributed by atoms with Crippen LogP contribution in [0.3, 0.4) is 0 Å². The lowest BCUT2D eigenvalue weighted by Crippen LogP contribution is -1.99. The van der Waals surface area contributed by atoms with Gasteiger partial charge in [-0.25, -0.2) is 4.98 Å². The van der Waals surface area contributed by atoms with E-state index in [9.17, 15) is 0 Å². The summed E-state index contributed by atoms with van der Waals surface area (Å²) in [6.45, 7) is 2.06. The van der Waals surface area contributed by atoms with Gasteiger partial charge in [0.05, 0.1) is 11.4 Å². The summed E-state index contributed by atoms with van der Waals surface area (Å²) in [5.74, 6) is 0.743. The van der Waals surface area contributed by atoms with Gasteiger partial charge in [-0.2, -0.15) is 16.0 Å². The van der Waals surface area contributed by atoms with Gasteiger partial charge in [-0.15, -0.1) is 16.4 Å². The van der Waals surface area contributed by atoms with Crippen molar-refractivity contribution in [3.05, 3.63) is 57.7 Å². The Bertz CT molecular complexity index is 925. The van der Waals surface area contributed by atoms with Gasteiger partial charge in [0.15, 0.2) is 0 Å². The van der Waals surface area contributed by atoms with Crippen LogP contribution >= 0.6 is 34.4 Å². The van der Waals surface area contributed by atoms with Crippen LogP contribution in [0.15, 0.2) is 51.6 Å². The van der Waals surface area contributed by atoms with Gasteiger partial charge in [0.2, 0.25) is 5.16 Å². The van der Waals surface area contributed by atoms with Crippen LogP contribution in [0.25, 0.3) is 16.3 Å². The molecule has 1 aromatic carbocycles. The average Bonchev–Trinajstić information content (AvgIpc) is 3.34. The first-order valence-corrected chi connectivity index (χ1v) is 10.1. The first-order chi connectivity index (χ1) is 11.8. The van der Waals surface area contributed by atoms with E-state index < -0.39 is 0 Å². The molecule has 0 aliphatic heterocycles. The first-order valence-electron chi connectivity index (χ1n) is 7.25. The van der Waals surface area contributed by atoms with E-state index in [0.29, 0.717) is 0 Å². The van der Waals surface area contributed by atoms with E-state index in [1.807, 2.05) is 12.1 Å². The highest BCUT2D eigenvalue weighted by atomic mass is 32.2. The molecule has 0 bridgehead atoms. The lowest BCUT2D eigenvalue weighted by atomic mass is 10.2. The van der Waals surface area contributed by atoms with E-state index in [0.717, 1.165) is 27.3 Å². The average molecular weight is 372 g/mol. The number of thiophene rings is 1. The molecule has 0 amide bonds. The Morgan fingerprint density at radius 2 is 2.00 bits per heavy atom. The summed E-state index contributed by atoms with van der Waals surface area (Å²) in [4.78, 5) is 4.69. The van der Waals surface area contributed by atoms with E-state index in [2.05, 4.69) is 56.8 Å². The fraction of sp³-hybridized carbons (Fsp3) is 0.125. The highest BCUT2D eigenvalue weighted by molar-refractivity contribution is 7.98. The van der Waals surface area contributed by atoms with Crippen molar-refractivity contribution in [2.24, 2.45) is 0 Å². The number of rotatable bonds is 5. The number of hydrogen-bond acceptors (Lipinski definition) is 7. The van der Waals surface area contributed by atoms with Gasteiger partial charge >= 0.3 is 0 Å². The Morgan fingerprint density at radius 3 is 2.79 bits per heavy atom. The Morgan fingerprint density at radius 1 is 1.12 bits per heavy atom. The van der Waals surface area contributed by atoms with Crippen LogP contribution < -0.4 is 0 Å². The van der Waals surface area contributed by atoms with Crippen molar-refractivity contribution >= 4 is 34.4 Å². The molecular formula is C16H13N5S3. The molecule has 0 fully saturated rings. The Hall–Kier alpha value is -2.03. The molecule has 24 heavy (non-hydrogen) atoms. The lowest BCUT2D eigenvalue weighted by molar-refractivity contribution is 0.756. The fourth-order valence-corrected chi connectivity index (χ4v) is 4.57. The maximum atomic E-state index is 4.69. The van der Waals surface area contributed by atoms with Crippen LogP contribution in [-0.4, -0.2) is 25.2 Å². The molecule has 0 N–H and O–H groups in total. The third-order valence-electron chi connectivity index (χ3n) is 3.39. The smallest absolute Gasteiger partial charge is 0.214 e. The molecule has 0 spiro atoms. The minimum Gasteiger partial charge on any atom is -0.240 e. The zero-order valence-corrected chi connectivity index (χ0v) is 15.2. The zero-order valence-electron chi connectivity index (χ0n) is 12.8. The molecule has 0 aliphatic carbocycles. The summed E-state index contributed by atoms with van der Waals surface area (Å²) in [5.41, 5.74) is 4.41. The van der Waals surface area contributed by atoms with Crippen molar-refractivity contribution in [2.75, 3.05) is 0 Å². The molecule has 5 nitrogen and oxygen atoms in total. The van der Waals surface area contributed by atoms with Gasteiger partial charge < -0.3 is 0 Å². The standard InChI is InChI=1S/C16H13N5S3/c1-11-2-4-14(5-3-11)21-16(18-19-20-21)24-10-13-9-23-15(17-13)12-6-7-22-8-12/h2-9H,10H2,1H3. The van der Waals surface area contributed by atoms with Crippen LogP contribution in [0.1, 0.15) is 11.3 Å². The van der Waals surface area contributed by atoms with Gasteiger partial charge in [0.1, 0.15) is 5.01 Å². The minimum atomic E-state index is 0.743. The van der Waals surface area contributed by atoms with Crippen LogP contribution in [0, 0.1) is 6.92 Å². The lowest BCUT2D eigenvalue weighted by Gasteiger charge is -2.03. The molecule has 0 unspecified atom stereocenters. The summed E-state index contributed by atoms with van der Waals surface area (Å²) in [7, 11) is 0. The molecule has 0 saturated carbocycles. The zero-order chi connectivity index (χ0) is 16.4. The van der Waals surface area contributed by atoms with E-state index in [-0.39, 0.29) is 0 Å². The van der Waals surface area contributed by atoms with E-state index in [1.165, 1.54) is 11.1 Å². The molecule has 0 aliphatic rings. The molecule has 120 valence electrons. The van der Waals surface area contributed by atoms with E-state index in [4.69, 9.17) is 4.98 Å². The molecule has 4 aromatic rings. The molecule has 3 aromatic heterocycles. The first kappa shape index (κ1) is 15.5. The third kappa shape index (κ3) is 3.26. The van der Waals surface area contributed by atoms with Gasteiger partial charge in [0.25, 0.3) is 0 Å². The fourth-order valence-electron chi connectivity index (χ4n) is 2.15. The highest BCUT2D eigenvalue weighted by Gasteiger charge is 2.11. The van der Waals surface area contributed by atoms with E-state index in [1.54, 1.807) is 39.1 Å². The molecule has 0 radical (unpaired) electrons. The second-order valence-corrected chi connectivity index (χ2v) is 7.73. The molecular weight excluding hydrogens is 358 g/mol. The number of aromatic nitrogens is 5. The minimum absolute atomic E-state index is 0.743. The SMILES string of the molecule is Cc1ccc(-n2nnnc2SCc2csc(-c3ccsc3)n2)cc1. The summed E-state index contributed by atoms with van der Waals surface area (Å²) in [5, 5.41) is 20.1. The second-order valence-electron chi connectivity index (χ2n) is 5.15. The predicted molar refractivity (Wildman–Crippen MR) is 98.9 cm³/mol. The maximum absolute atomic E-state index is 4.69. The molecule has 0 atom stereocenters. The number of thiazole rings is 1. The van der Waals surface area contributed by atoms with E-state index >= 15 is 0 Å². The van der Waals surface area contributed by atoms with Crippen LogP contribution in [0.4, 0.5) is 0 Å². The number of hydrogen-bond donors (Lipinski definition) is 0. The second kappa shape index (κ2) is 6.84. The van der Waals surface area contributed by atoms with Crippen molar-refractivity contribution in [2.45, 2.75) is 17.8 Å². The molecule has 8 heteroatoms. The van der Waals surface area contributed by atoms with Crippen molar-refractivity contribution in [3.63, 3.8) is 0 Å². The number of aryl methyl sites for hydroxylation is 1. The number of benzene rings is 1. The van der Waals surface area contributed by atoms with Gasteiger partial charge in [0, 0.05) is 22.1 Å². The van der Waals surface area contributed by atoms with Crippen molar-refractivity contribution in [3.8, 4) is 16.3 Å². The quantitative estimate of drug-likeness (QED) is 0.485. The number of tetrazole rings is 1. The summed E-state index contributed by atoms with van der Waals surface area (Å²) in [6.07, 6.45) is 0. The van der Waals surface area contributed by atoms with Crippen LogP contribution in [0.5, 0.6) is 0 Å². The van der Waals surface area contributed by atoms with Gasteiger partial charge in [-0.1, -0.05) is 29.5 Å². The molecule has 4 rings (SSSR count). The Kier molecular flexibility index (Phi) is 4.42. The van der Waals surface area contributed by atoms with Gasteiger partial charge in [-0.3, -0.25) is 0 Å². The van der Waals surface area contributed by atoms with Crippen molar-refractivity contribution in [1.29, 1.82) is 0 Å². The van der Waals surface area contributed by atoms with Crippen LogP contribution in [0.2, 0.25) is 0 Å². The van der Waals surface area contributed by atoms with Crippen molar-refractivity contribution in [1.82, 2.24) is 25.2 Å². The highest BCUT2D eigenvalue weighted by Crippen LogP contribution is 2.28. The number of thioether (sulfide) groups is 1. The largest absolute Gasteiger partial charge is 0.240 e. The topological polar surface area (TPSA) is 56.5 Å². The summed E-state index contributed by atoms with van der Waals surface area (Å²) < 4.78 is 1.76. The normalized spacial score (nSPS) is 11.0. The predicted octanol–water partition coefficient (Wildman–Crippen LogP) is 4.45. The van der Waals surface area contributed by atoms with Crippen molar-refractivity contribution < 1.29 is 0 Å². The summed E-state index contributed by atoms with van der Waals surface area (Å²) in [6, 6.07) is 10.2. The van der Waals surface area contributed by atoms with Gasteiger partial charge in [-0.05, 0) is 40.9 Å². The maximum Gasteiger partial charge on any atom is 0.214 e. The monoisotopic (exact) mass is 371 g/mol. The Labute approximate surface area is 151 Å².